The van der Waals surface area contributed by atoms with Gasteiger partial charge in [-0.2, -0.15) is 0 Å². The number of thioether (sulfide) groups is 1. The van der Waals surface area contributed by atoms with Gasteiger partial charge in [0.05, 0.1) is 10.7 Å². The van der Waals surface area contributed by atoms with Crippen molar-refractivity contribution >= 4 is 29.2 Å². The number of anilines is 1. The van der Waals surface area contributed by atoms with Gasteiger partial charge >= 0.3 is 0 Å². The van der Waals surface area contributed by atoms with Crippen LogP contribution in [0, 0.1) is 17.0 Å². The van der Waals surface area contributed by atoms with E-state index in [9.17, 15) is 14.9 Å². The summed E-state index contributed by atoms with van der Waals surface area (Å²) in [5.74, 6) is 0.490. The molecule has 1 rings (SSSR count). The first kappa shape index (κ1) is 15.4. The van der Waals surface area contributed by atoms with Crippen LogP contribution in [0.25, 0.3) is 0 Å². The second-order valence-electron chi connectivity index (χ2n) is 5.01. The number of amides is 1. The van der Waals surface area contributed by atoms with Crippen molar-refractivity contribution in [3.8, 4) is 0 Å². The van der Waals surface area contributed by atoms with Crippen LogP contribution < -0.4 is 5.32 Å². The summed E-state index contributed by atoms with van der Waals surface area (Å²) >= 11 is 1.53. The average Bonchev–Trinajstić information content (AvgIpc) is 2.25. The molecule has 7 heteroatoms. The molecule has 1 aromatic heterocycles. The van der Waals surface area contributed by atoms with Crippen molar-refractivity contribution in [3.05, 3.63) is 27.9 Å². The molecule has 0 atom stereocenters. The standard InChI is InChI=1S/C12H17N3O3S/c1-8-9(15(17)18)5-6-10(13-8)14-11(16)7-19-12(2,3)4/h5-6H,7H2,1-4H3,(H,13,14,16). The van der Waals surface area contributed by atoms with Gasteiger partial charge in [0, 0.05) is 10.8 Å². The van der Waals surface area contributed by atoms with Gasteiger partial charge < -0.3 is 5.32 Å². The zero-order valence-corrected chi connectivity index (χ0v) is 12.2. The maximum atomic E-state index is 11.7. The van der Waals surface area contributed by atoms with E-state index in [-0.39, 0.29) is 22.0 Å². The van der Waals surface area contributed by atoms with E-state index in [0.717, 1.165) is 0 Å². The Balaban J connectivity index is 2.65. The molecule has 0 aliphatic rings. The third-order valence-corrected chi connectivity index (χ3v) is 3.43. The van der Waals surface area contributed by atoms with Crippen LogP contribution in [0.3, 0.4) is 0 Å². The summed E-state index contributed by atoms with van der Waals surface area (Å²) < 4.78 is 0.0101. The summed E-state index contributed by atoms with van der Waals surface area (Å²) in [5, 5.41) is 13.3. The van der Waals surface area contributed by atoms with Crippen LogP contribution in [0.2, 0.25) is 0 Å². The molecule has 0 unspecified atom stereocenters. The Hall–Kier alpha value is -1.63. The molecule has 1 aromatic rings. The first-order valence-corrected chi connectivity index (χ1v) is 6.73. The lowest BCUT2D eigenvalue weighted by Gasteiger charge is -2.16. The molecule has 19 heavy (non-hydrogen) atoms. The molecule has 0 fully saturated rings. The van der Waals surface area contributed by atoms with Crippen LogP contribution >= 0.6 is 11.8 Å². The van der Waals surface area contributed by atoms with Gasteiger partial charge in [-0.3, -0.25) is 14.9 Å². The van der Waals surface area contributed by atoms with E-state index in [0.29, 0.717) is 11.6 Å². The number of nitrogens with zero attached hydrogens (tertiary/aromatic N) is 2. The van der Waals surface area contributed by atoms with Crippen molar-refractivity contribution in [3.63, 3.8) is 0 Å². The Kier molecular flexibility index (Phi) is 4.88. The monoisotopic (exact) mass is 283 g/mol. The van der Waals surface area contributed by atoms with Crippen LogP contribution in [-0.2, 0) is 4.79 Å². The predicted molar refractivity (Wildman–Crippen MR) is 76.5 cm³/mol. The fraction of sp³-hybridized carbons (Fsp3) is 0.500. The molecule has 0 aromatic carbocycles. The second kappa shape index (κ2) is 6.01. The summed E-state index contributed by atoms with van der Waals surface area (Å²) in [7, 11) is 0. The van der Waals surface area contributed by atoms with Crippen molar-refractivity contribution in [2.45, 2.75) is 32.4 Å². The van der Waals surface area contributed by atoms with E-state index in [1.807, 2.05) is 20.8 Å². The minimum absolute atomic E-state index is 0.0101. The first-order valence-electron chi connectivity index (χ1n) is 5.75. The topological polar surface area (TPSA) is 85.1 Å². The van der Waals surface area contributed by atoms with Crippen molar-refractivity contribution in [1.29, 1.82) is 0 Å². The van der Waals surface area contributed by atoms with Crippen LogP contribution in [0.4, 0.5) is 11.5 Å². The lowest BCUT2D eigenvalue weighted by molar-refractivity contribution is -0.385. The molecular formula is C12H17N3O3S. The molecule has 0 saturated carbocycles. The zero-order chi connectivity index (χ0) is 14.6. The second-order valence-corrected chi connectivity index (χ2v) is 6.81. The molecule has 1 N–H and O–H groups in total. The van der Waals surface area contributed by atoms with Crippen molar-refractivity contribution in [2.24, 2.45) is 0 Å². The van der Waals surface area contributed by atoms with E-state index in [1.165, 1.54) is 30.8 Å². The number of aryl methyl sites for hydroxylation is 1. The quantitative estimate of drug-likeness (QED) is 0.678. The normalized spacial score (nSPS) is 11.2. The van der Waals surface area contributed by atoms with Gasteiger partial charge in [-0.15, -0.1) is 11.8 Å². The zero-order valence-electron chi connectivity index (χ0n) is 11.4. The van der Waals surface area contributed by atoms with Gasteiger partial charge in [-0.25, -0.2) is 4.98 Å². The molecule has 0 aliphatic heterocycles. The van der Waals surface area contributed by atoms with E-state index < -0.39 is 4.92 Å². The molecule has 0 radical (unpaired) electrons. The third-order valence-electron chi connectivity index (χ3n) is 2.16. The minimum Gasteiger partial charge on any atom is -0.310 e. The molecule has 0 bridgehead atoms. The highest BCUT2D eigenvalue weighted by atomic mass is 32.2. The number of carbonyl (C=O) groups is 1. The number of pyridine rings is 1. The van der Waals surface area contributed by atoms with Crippen LogP contribution in [-0.4, -0.2) is 26.3 Å². The molecule has 1 heterocycles. The smallest absolute Gasteiger partial charge is 0.290 e. The Bertz CT molecular complexity index is 497. The summed E-state index contributed by atoms with van der Waals surface area (Å²) in [6.45, 7) is 7.62. The number of aromatic nitrogens is 1. The molecule has 104 valence electrons. The van der Waals surface area contributed by atoms with E-state index in [2.05, 4.69) is 10.3 Å². The van der Waals surface area contributed by atoms with Gasteiger partial charge in [0.2, 0.25) is 5.91 Å². The number of hydrogen-bond acceptors (Lipinski definition) is 5. The molecule has 6 nitrogen and oxygen atoms in total. The number of carbonyl (C=O) groups excluding carboxylic acids is 1. The predicted octanol–water partition coefficient (Wildman–Crippen LogP) is 2.77. The summed E-state index contributed by atoms with van der Waals surface area (Å²) in [6.07, 6.45) is 0. The van der Waals surface area contributed by atoms with E-state index in [4.69, 9.17) is 0 Å². The third kappa shape index (κ3) is 5.25. The van der Waals surface area contributed by atoms with Gasteiger partial charge in [-0.05, 0) is 13.0 Å². The van der Waals surface area contributed by atoms with Crippen LogP contribution in [0.15, 0.2) is 12.1 Å². The Morgan fingerprint density at radius 3 is 2.58 bits per heavy atom. The van der Waals surface area contributed by atoms with E-state index >= 15 is 0 Å². The summed E-state index contributed by atoms with van der Waals surface area (Å²) in [5.41, 5.74) is 0.230. The number of hydrogen-bond donors (Lipinski definition) is 1. The number of rotatable bonds is 4. The highest BCUT2D eigenvalue weighted by Gasteiger charge is 2.15. The molecule has 0 spiro atoms. The number of nitro groups is 1. The Morgan fingerprint density at radius 2 is 2.11 bits per heavy atom. The summed E-state index contributed by atoms with van der Waals surface area (Å²) in [6, 6.07) is 2.78. The van der Waals surface area contributed by atoms with Gasteiger partial charge in [0.15, 0.2) is 0 Å². The fourth-order valence-electron chi connectivity index (χ4n) is 1.28. The van der Waals surface area contributed by atoms with Crippen molar-refractivity contribution in [2.75, 3.05) is 11.1 Å². The molecule has 0 aliphatic carbocycles. The highest BCUT2D eigenvalue weighted by molar-refractivity contribution is 8.01. The van der Waals surface area contributed by atoms with Gasteiger partial charge in [0.25, 0.3) is 5.69 Å². The van der Waals surface area contributed by atoms with Gasteiger partial charge in [-0.1, -0.05) is 20.8 Å². The first-order chi connectivity index (χ1) is 8.69. The Morgan fingerprint density at radius 1 is 1.47 bits per heavy atom. The molecule has 1 amide bonds. The maximum Gasteiger partial charge on any atom is 0.290 e. The van der Waals surface area contributed by atoms with Gasteiger partial charge in [0.1, 0.15) is 11.5 Å². The van der Waals surface area contributed by atoms with Crippen LogP contribution in [0.5, 0.6) is 0 Å². The average molecular weight is 283 g/mol. The van der Waals surface area contributed by atoms with Crippen molar-refractivity contribution in [1.82, 2.24) is 4.98 Å². The van der Waals surface area contributed by atoms with Crippen molar-refractivity contribution < 1.29 is 9.72 Å². The number of nitrogens with one attached hydrogen (secondary N) is 1. The minimum atomic E-state index is -0.497. The lowest BCUT2D eigenvalue weighted by Crippen LogP contribution is -2.19. The Labute approximate surface area is 116 Å². The fourth-order valence-corrected chi connectivity index (χ4v) is 1.91. The maximum absolute atomic E-state index is 11.7. The largest absolute Gasteiger partial charge is 0.310 e. The molecular weight excluding hydrogens is 266 g/mol. The lowest BCUT2D eigenvalue weighted by atomic mass is 10.3. The summed E-state index contributed by atoms with van der Waals surface area (Å²) in [4.78, 5) is 25.8. The highest BCUT2D eigenvalue weighted by Crippen LogP contribution is 2.23. The SMILES string of the molecule is Cc1nc(NC(=O)CSC(C)(C)C)ccc1[N+](=O)[O-]. The van der Waals surface area contributed by atoms with E-state index in [1.54, 1.807) is 0 Å². The van der Waals surface area contributed by atoms with Crippen LogP contribution in [0.1, 0.15) is 26.5 Å². The molecule has 0 saturated heterocycles.